The summed E-state index contributed by atoms with van der Waals surface area (Å²) in [6, 6.07) is 0. The van der Waals surface area contributed by atoms with Crippen LogP contribution in [0.4, 0.5) is 0 Å². The van der Waals surface area contributed by atoms with Crippen molar-refractivity contribution >= 4 is 33.5 Å². The fourth-order valence-electron chi connectivity index (χ4n) is 4.03. The van der Waals surface area contributed by atoms with Gasteiger partial charge < -0.3 is 4.74 Å². The summed E-state index contributed by atoms with van der Waals surface area (Å²) in [7, 11) is 3.97. The molecule has 7 heteroatoms. The fraction of sp³-hybridized carbons (Fsp3) is 0.882. The highest BCUT2D eigenvalue weighted by Crippen LogP contribution is 2.40. The van der Waals surface area contributed by atoms with Crippen LogP contribution in [-0.2, 0) is 19.2 Å². The quantitative estimate of drug-likeness (QED) is 0.295. The maximum atomic E-state index is 12.3. The zero-order chi connectivity index (χ0) is 17.0. The molecule has 4 rings (SSSR count). The van der Waals surface area contributed by atoms with Crippen LogP contribution in [0.15, 0.2) is 0 Å². The number of esters is 1. The number of carbonyl (C=O) groups is 2. The molecule has 0 aromatic rings. The molecule has 0 aliphatic carbocycles. The third-order valence-corrected chi connectivity index (χ3v) is 8.36. The summed E-state index contributed by atoms with van der Waals surface area (Å²) in [5.74, 6) is 1.38. The van der Waals surface area contributed by atoms with E-state index >= 15 is 0 Å². The molecule has 0 aromatic carbocycles. The lowest BCUT2D eigenvalue weighted by Gasteiger charge is -2.48. The Morgan fingerprint density at radius 3 is 2.62 bits per heavy atom. The smallest absolute Gasteiger partial charge is 0.366 e. The predicted molar refractivity (Wildman–Crippen MR) is 96.2 cm³/mol. The largest absolute Gasteiger partial charge is 0.456 e. The number of piperidine rings is 3. The Labute approximate surface area is 152 Å². The highest BCUT2D eigenvalue weighted by molar-refractivity contribution is 8.77. The molecule has 5 nitrogen and oxygen atoms in total. The van der Waals surface area contributed by atoms with Gasteiger partial charge in [0.05, 0.1) is 6.42 Å². The topological polar surface area (TPSA) is 52.6 Å². The van der Waals surface area contributed by atoms with Gasteiger partial charge >= 0.3 is 11.9 Å². The lowest BCUT2D eigenvalue weighted by Crippen LogP contribution is -2.64. The molecule has 0 aromatic heterocycles. The van der Waals surface area contributed by atoms with Crippen molar-refractivity contribution in [1.29, 1.82) is 0 Å². The van der Waals surface area contributed by atoms with E-state index in [1.54, 1.807) is 0 Å². The third-order valence-electron chi connectivity index (χ3n) is 5.35. The van der Waals surface area contributed by atoms with E-state index in [0.717, 1.165) is 44.0 Å². The molecule has 0 radical (unpaired) electrons. The number of unbranched alkanes of at least 4 members (excludes halogenated alkanes) is 1. The summed E-state index contributed by atoms with van der Waals surface area (Å²) in [4.78, 5) is 29.4. The first-order valence-electron chi connectivity index (χ1n) is 9.10. The lowest BCUT2D eigenvalue weighted by atomic mass is 9.85. The van der Waals surface area contributed by atoms with Crippen LogP contribution in [0, 0.1) is 5.92 Å². The first-order valence-corrected chi connectivity index (χ1v) is 11.5. The van der Waals surface area contributed by atoms with E-state index in [2.05, 4.69) is 0 Å². The Kier molecular flexibility index (Phi) is 6.38. The minimum Gasteiger partial charge on any atom is -0.456 e. The number of quaternary nitrogens is 1. The molecule has 4 aliphatic heterocycles. The summed E-state index contributed by atoms with van der Waals surface area (Å²) in [5.41, 5.74) is 0. The average molecular weight is 375 g/mol. The number of rotatable bonds is 7. The van der Waals surface area contributed by atoms with E-state index in [1.165, 1.54) is 25.5 Å². The van der Waals surface area contributed by atoms with Gasteiger partial charge in [0.15, 0.2) is 12.6 Å². The SMILES string of the molecule is CC(=O)OC1C[N+]2(OC(=O)CCCCC3CCSS3)CCC1CC2. The molecule has 0 saturated carbocycles. The maximum absolute atomic E-state index is 12.3. The second kappa shape index (κ2) is 8.32. The Morgan fingerprint density at radius 2 is 1.96 bits per heavy atom. The Hall–Kier alpha value is -0.400. The average Bonchev–Trinajstić information content (AvgIpc) is 3.05. The van der Waals surface area contributed by atoms with Gasteiger partial charge in [-0.3, -0.25) is 9.63 Å². The third kappa shape index (κ3) is 4.82. The number of hydroxylamine groups is 3. The summed E-state index contributed by atoms with van der Waals surface area (Å²) >= 11 is 0. The van der Waals surface area contributed by atoms with Gasteiger partial charge in [-0.15, -0.1) is 4.65 Å². The zero-order valence-electron chi connectivity index (χ0n) is 14.4. The van der Waals surface area contributed by atoms with E-state index in [4.69, 9.17) is 9.57 Å². The molecule has 4 heterocycles. The van der Waals surface area contributed by atoms with Crippen molar-refractivity contribution in [3.63, 3.8) is 0 Å². The van der Waals surface area contributed by atoms with Crippen molar-refractivity contribution in [3.05, 3.63) is 0 Å². The second-order valence-corrected chi connectivity index (χ2v) is 10.00. The number of fused-ring (bicyclic) bond motifs is 3. The van der Waals surface area contributed by atoms with Crippen molar-refractivity contribution in [2.75, 3.05) is 25.4 Å². The highest BCUT2D eigenvalue weighted by atomic mass is 33.1. The van der Waals surface area contributed by atoms with Crippen molar-refractivity contribution in [3.8, 4) is 0 Å². The molecule has 0 spiro atoms. The van der Waals surface area contributed by atoms with E-state index in [-0.39, 0.29) is 18.0 Å². The van der Waals surface area contributed by atoms with E-state index < -0.39 is 0 Å². The second-order valence-electron chi connectivity index (χ2n) is 7.21. The maximum Gasteiger partial charge on any atom is 0.366 e. The van der Waals surface area contributed by atoms with Crippen LogP contribution in [0.2, 0.25) is 0 Å². The van der Waals surface area contributed by atoms with Crippen LogP contribution in [0.5, 0.6) is 0 Å². The highest BCUT2D eigenvalue weighted by Gasteiger charge is 2.50. The van der Waals surface area contributed by atoms with Crippen LogP contribution in [-0.4, -0.2) is 53.3 Å². The van der Waals surface area contributed by atoms with Crippen LogP contribution >= 0.6 is 21.6 Å². The number of nitrogens with zero attached hydrogens (tertiary/aromatic N) is 1. The first-order chi connectivity index (χ1) is 11.6. The minimum atomic E-state index is -0.235. The minimum absolute atomic E-state index is 0.0882. The van der Waals surface area contributed by atoms with Crippen LogP contribution in [0.1, 0.15) is 51.9 Å². The Bertz CT molecular complexity index is 460. The van der Waals surface area contributed by atoms with Crippen LogP contribution in [0.3, 0.4) is 0 Å². The number of ether oxygens (including phenoxy) is 1. The normalized spacial score (nSPS) is 35.0. The molecule has 2 atom stereocenters. The number of hydrogen-bond donors (Lipinski definition) is 0. The molecular formula is C17H28NO4S2+. The zero-order valence-corrected chi connectivity index (χ0v) is 16.0. The predicted octanol–water partition coefficient (Wildman–Crippen LogP) is 3.33. The van der Waals surface area contributed by atoms with Gasteiger partial charge in [0.1, 0.15) is 13.1 Å². The molecule has 0 N–H and O–H groups in total. The van der Waals surface area contributed by atoms with Gasteiger partial charge in [-0.2, -0.15) is 0 Å². The standard InChI is InChI=1S/C17H28NO4S2/c1-13(19)21-16-12-18(9-6-14(16)7-10-18)22-17(20)5-3-2-4-15-8-11-23-24-15/h14-16H,2-12H2,1H3/q+1. The molecule has 2 bridgehead atoms. The Morgan fingerprint density at radius 1 is 1.17 bits per heavy atom. The van der Waals surface area contributed by atoms with E-state index in [1.807, 2.05) is 21.6 Å². The molecule has 4 fully saturated rings. The van der Waals surface area contributed by atoms with Crippen LogP contribution < -0.4 is 0 Å². The van der Waals surface area contributed by atoms with Crippen molar-refractivity contribution in [2.45, 2.75) is 63.2 Å². The molecule has 4 aliphatic rings. The lowest BCUT2D eigenvalue weighted by molar-refractivity contribution is -1.10. The van der Waals surface area contributed by atoms with Gasteiger partial charge in [0.2, 0.25) is 0 Å². The molecule has 2 unspecified atom stereocenters. The molecule has 4 saturated heterocycles. The van der Waals surface area contributed by atoms with Gasteiger partial charge in [0, 0.05) is 36.7 Å². The summed E-state index contributed by atoms with van der Waals surface area (Å²) in [6.07, 6.45) is 6.90. The molecule has 24 heavy (non-hydrogen) atoms. The molecule has 0 amide bonds. The van der Waals surface area contributed by atoms with Crippen molar-refractivity contribution in [2.24, 2.45) is 5.92 Å². The van der Waals surface area contributed by atoms with Gasteiger partial charge in [0.25, 0.3) is 0 Å². The first kappa shape index (κ1) is 18.4. The monoisotopic (exact) mass is 374 g/mol. The van der Waals surface area contributed by atoms with E-state index in [0.29, 0.717) is 23.5 Å². The number of carbonyl (C=O) groups excluding carboxylic acids is 2. The van der Waals surface area contributed by atoms with Gasteiger partial charge in [-0.05, 0) is 19.3 Å². The van der Waals surface area contributed by atoms with Crippen molar-refractivity contribution in [1.82, 2.24) is 0 Å². The summed E-state index contributed by atoms with van der Waals surface area (Å²) in [6.45, 7) is 3.81. The summed E-state index contributed by atoms with van der Waals surface area (Å²) in [5, 5.41) is 0.776. The molecular weight excluding hydrogens is 346 g/mol. The van der Waals surface area contributed by atoms with Gasteiger partial charge in [-0.25, -0.2) is 4.79 Å². The summed E-state index contributed by atoms with van der Waals surface area (Å²) < 4.78 is 5.80. The number of hydrogen-bond acceptors (Lipinski definition) is 6. The fourth-order valence-corrected chi connectivity index (χ4v) is 7.06. The van der Waals surface area contributed by atoms with Crippen LogP contribution in [0.25, 0.3) is 0 Å². The van der Waals surface area contributed by atoms with Crippen molar-refractivity contribution < 1.29 is 23.8 Å². The van der Waals surface area contributed by atoms with E-state index in [9.17, 15) is 9.59 Å². The van der Waals surface area contributed by atoms with Gasteiger partial charge in [-0.1, -0.05) is 28.0 Å². The molecule has 136 valence electrons. The Balaban J connectivity index is 1.40.